The van der Waals surface area contributed by atoms with E-state index >= 15 is 0 Å². The van der Waals surface area contributed by atoms with Gasteiger partial charge >= 0.3 is 0 Å². The predicted molar refractivity (Wildman–Crippen MR) is 88.3 cm³/mol. The van der Waals surface area contributed by atoms with Crippen molar-refractivity contribution in [1.82, 2.24) is 35.7 Å². The summed E-state index contributed by atoms with van der Waals surface area (Å²) in [7, 11) is 1.47. The second kappa shape index (κ2) is 7.48. The van der Waals surface area contributed by atoms with Gasteiger partial charge in [0.05, 0.1) is 18.0 Å². The number of nitrogens with two attached hydrogens (primary N) is 1. The molecule has 134 valence electrons. The molecular weight excluding hydrogens is 342 g/mol. The number of ether oxygens (including phenoxy) is 1. The number of methoxy groups -OCH3 is 1. The number of hydrogen-bond donors (Lipinski definition) is 2. The van der Waals surface area contributed by atoms with Gasteiger partial charge in [0.15, 0.2) is 5.69 Å². The van der Waals surface area contributed by atoms with Gasteiger partial charge in [-0.05, 0) is 29.4 Å². The average molecular weight is 357 g/mol. The molecule has 12 nitrogen and oxygen atoms in total. The van der Waals surface area contributed by atoms with Gasteiger partial charge in [-0.3, -0.25) is 9.78 Å². The minimum Gasteiger partial charge on any atom is -0.378 e. The fraction of sp³-hybridized carbons (Fsp3) is 0.214. The summed E-state index contributed by atoms with van der Waals surface area (Å²) in [5.74, 6) is -0.464. The summed E-state index contributed by atoms with van der Waals surface area (Å²) in [6.45, 7) is 1.75. The van der Waals surface area contributed by atoms with Crippen LogP contribution in [0.1, 0.15) is 28.8 Å². The zero-order valence-electron chi connectivity index (χ0n) is 13.9. The van der Waals surface area contributed by atoms with Crippen molar-refractivity contribution in [2.45, 2.75) is 13.5 Å². The summed E-state index contributed by atoms with van der Waals surface area (Å²) in [6, 6.07) is 5.38. The number of hydrazone groups is 1. The number of pyridine rings is 1. The van der Waals surface area contributed by atoms with Crippen LogP contribution < -0.4 is 11.2 Å². The number of carbonyl (C=O) groups is 1. The Labute approximate surface area is 147 Å². The van der Waals surface area contributed by atoms with Crippen molar-refractivity contribution in [2.75, 3.05) is 12.8 Å². The van der Waals surface area contributed by atoms with E-state index in [1.165, 1.54) is 11.8 Å². The van der Waals surface area contributed by atoms with Crippen LogP contribution in [0.5, 0.6) is 0 Å². The van der Waals surface area contributed by atoms with Gasteiger partial charge in [-0.15, -0.1) is 5.10 Å². The number of hydrogen-bond acceptors (Lipinski definition) is 10. The largest absolute Gasteiger partial charge is 0.378 e. The molecule has 0 aliphatic heterocycles. The highest BCUT2D eigenvalue weighted by Crippen LogP contribution is 2.16. The molecule has 26 heavy (non-hydrogen) atoms. The van der Waals surface area contributed by atoms with E-state index in [9.17, 15) is 4.79 Å². The van der Waals surface area contributed by atoms with E-state index in [4.69, 9.17) is 10.5 Å². The molecule has 0 aromatic carbocycles. The number of nitrogen functional groups attached to an aromatic ring is 1. The average Bonchev–Trinajstić information content (AvgIpc) is 3.26. The second-order valence-corrected chi connectivity index (χ2v) is 5.06. The van der Waals surface area contributed by atoms with Gasteiger partial charge in [0.25, 0.3) is 5.91 Å². The topological polar surface area (TPSA) is 159 Å². The highest BCUT2D eigenvalue weighted by molar-refractivity contribution is 5.99. The monoisotopic (exact) mass is 357 g/mol. The third kappa shape index (κ3) is 3.39. The number of amides is 1. The van der Waals surface area contributed by atoms with E-state index in [1.54, 1.807) is 25.3 Å². The maximum atomic E-state index is 12.4. The van der Waals surface area contributed by atoms with Crippen LogP contribution in [-0.2, 0) is 11.3 Å². The molecule has 0 unspecified atom stereocenters. The number of carbonyl (C=O) groups excluding carboxylic acids is 1. The second-order valence-electron chi connectivity index (χ2n) is 5.06. The molecule has 12 heteroatoms. The van der Waals surface area contributed by atoms with Crippen molar-refractivity contribution in [1.29, 1.82) is 0 Å². The van der Waals surface area contributed by atoms with Crippen LogP contribution in [0, 0.1) is 0 Å². The third-order valence-electron chi connectivity index (χ3n) is 3.32. The Morgan fingerprint density at radius 1 is 1.42 bits per heavy atom. The lowest BCUT2D eigenvalue weighted by atomic mass is 10.3. The Hall–Kier alpha value is -3.67. The zero-order valence-corrected chi connectivity index (χ0v) is 13.9. The Bertz CT molecular complexity index is 932. The summed E-state index contributed by atoms with van der Waals surface area (Å²) >= 11 is 0. The SMILES string of the molecule is COCc1c(C(=O)NN=C(C)c2ccccn2)nnn1-c1nonc1N. The van der Waals surface area contributed by atoms with Crippen molar-refractivity contribution in [3.8, 4) is 5.82 Å². The molecular formula is C14H15N9O3. The molecule has 0 saturated carbocycles. The zero-order chi connectivity index (χ0) is 18.5. The Morgan fingerprint density at radius 3 is 2.92 bits per heavy atom. The van der Waals surface area contributed by atoms with Crippen LogP contribution in [0.4, 0.5) is 5.82 Å². The Morgan fingerprint density at radius 2 is 2.27 bits per heavy atom. The maximum Gasteiger partial charge on any atom is 0.293 e. The first-order valence-corrected chi connectivity index (χ1v) is 7.39. The number of nitrogens with zero attached hydrogens (tertiary/aromatic N) is 7. The van der Waals surface area contributed by atoms with Gasteiger partial charge < -0.3 is 10.5 Å². The summed E-state index contributed by atoms with van der Waals surface area (Å²) in [5, 5.41) is 18.9. The van der Waals surface area contributed by atoms with Crippen LogP contribution >= 0.6 is 0 Å². The van der Waals surface area contributed by atoms with E-state index in [0.717, 1.165) is 0 Å². The predicted octanol–water partition coefficient (Wildman–Crippen LogP) is -0.0721. The quantitative estimate of drug-likeness (QED) is 0.454. The van der Waals surface area contributed by atoms with Crippen molar-refractivity contribution < 1.29 is 14.2 Å². The van der Waals surface area contributed by atoms with E-state index in [0.29, 0.717) is 17.1 Å². The molecule has 0 spiro atoms. The molecule has 3 rings (SSSR count). The molecule has 0 atom stereocenters. The summed E-state index contributed by atoms with van der Waals surface area (Å²) in [5.41, 5.74) is 9.57. The van der Waals surface area contributed by atoms with Crippen LogP contribution in [0.2, 0.25) is 0 Å². The number of nitrogens with one attached hydrogen (secondary N) is 1. The number of rotatable bonds is 6. The van der Waals surface area contributed by atoms with Crippen molar-refractivity contribution in [3.05, 3.63) is 41.5 Å². The minimum atomic E-state index is -0.575. The molecule has 1 amide bonds. The van der Waals surface area contributed by atoms with E-state index < -0.39 is 5.91 Å². The molecule has 0 bridgehead atoms. The first-order chi connectivity index (χ1) is 12.6. The van der Waals surface area contributed by atoms with Crippen molar-refractivity contribution >= 4 is 17.4 Å². The Kier molecular flexibility index (Phi) is 4.94. The van der Waals surface area contributed by atoms with Crippen molar-refractivity contribution in [3.63, 3.8) is 0 Å². The molecule has 3 N–H and O–H groups in total. The Balaban J connectivity index is 1.86. The smallest absolute Gasteiger partial charge is 0.293 e. The molecule has 0 radical (unpaired) electrons. The highest BCUT2D eigenvalue weighted by atomic mass is 16.6. The van der Waals surface area contributed by atoms with Gasteiger partial charge in [-0.2, -0.15) is 9.78 Å². The molecule has 3 heterocycles. The number of aromatic nitrogens is 6. The van der Waals surface area contributed by atoms with Crippen molar-refractivity contribution in [2.24, 2.45) is 5.10 Å². The van der Waals surface area contributed by atoms with Crippen LogP contribution in [0.25, 0.3) is 5.82 Å². The lowest BCUT2D eigenvalue weighted by Gasteiger charge is -2.04. The minimum absolute atomic E-state index is 0.00299. The standard InChI is InChI=1S/C14H15N9O3/c1-8(9-5-3-4-6-16-9)17-19-14(24)11-10(7-25-2)23(22-18-11)13-12(15)20-26-21-13/h3-6H,7H2,1-2H3,(H2,15,20)(H,19,24). The molecule has 0 aliphatic rings. The molecule has 0 aliphatic carbocycles. The summed E-state index contributed by atoms with van der Waals surface area (Å²) in [4.78, 5) is 16.6. The first-order valence-electron chi connectivity index (χ1n) is 7.39. The molecule has 0 saturated heterocycles. The lowest BCUT2D eigenvalue weighted by molar-refractivity contribution is 0.0944. The van der Waals surface area contributed by atoms with Gasteiger partial charge in [-0.1, -0.05) is 11.3 Å². The number of anilines is 1. The van der Waals surface area contributed by atoms with Gasteiger partial charge in [0.2, 0.25) is 11.6 Å². The van der Waals surface area contributed by atoms with Crippen LogP contribution in [0.15, 0.2) is 34.1 Å². The molecule has 3 aromatic rings. The fourth-order valence-corrected chi connectivity index (χ4v) is 2.07. The summed E-state index contributed by atoms with van der Waals surface area (Å²) in [6.07, 6.45) is 1.63. The fourth-order valence-electron chi connectivity index (χ4n) is 2.07. The van der Waals surface area contributed by atoms with E-state index in [-0.39, 0.29) is 23.9 Å². The lowest BCUT2D eigenvalue weighted by Crippen LogP contribution is -2.22. The molecule has 3 aromatic heterocycles. The third-order valence-corrected chi connectivity index (χ3v) is 3.32. The van der Waals surface area contributed by atoms with Crippen LogP contribution in [0.3, 0.4) is 0 Å². The van der Waals surface area contributed by atoms with E-state index in [2.05, 4.69) is 40.8 Å². The molecule has 0 fully saturated rings. The van der Waals surface area contributed by atoms with Gasteiger partial charge in [0, 0.05) is 13.3 Å². The first kappa shape index (κ1) is 17.2. The summed E-state index contributed by atoms with van der Waals surface area (Å²) < 4.78 is 10.9. The van der Waals surface area contributed by atoms with Crippen LogP contribution in [-0.4, -0.2) is 49.0 Å². The van der Waals surface area contributed by atoms with Gasteiger partial charge in [0.1, 0.15) is 5.69 Å². The normalized spacial score (nSPS) is 11.5. The van der Waals surface area contributed by atoms with Gasteiger partial charge in [-0.25, -0.2) is 10.1 Å². The highest BCUT2D eigenvalue weighted by Gasteiger charge is 2.23. The maximum absolute atomic E-state index is 12.4. The van der Waals surface area contributed by atoms with E-state index in [1.807, 2.05) is 6.07 Å².